The van der Waals surface area contributed by atoms with E-state index in [2.05, 4.69) is 20.2 Å². The molecule has 30 heavy (non-hydrogen) atoms. The number of hydrogen-bond acceptors (Lipinski definition) is 5. The molecule has 0 atom stereocenters. The molecule has 2 aromatic carbocycles. The molecule has 0 saturated heterocycles. The third-order valence-electron chi connectivity index (χ3n) is 4.96. The lowest BCUT2D eigenvalue weighted by atomic mass is 10.1. The number of rotatable bonds is 3. The first-order valence-electron chi connectivity index (χ1n) is 9.16. The smallest absolute Gasteiger partial charge is 0.213 e. The predicted molar refractivity (Wildman–Crippen MR) is 108 cm³/mol. The molecule has 3 aromatic heterocycles. The molecule has 0 aliphatic rings. The quantitative estimate of drug-likeness (QED) is 0.412. The molecule has 0 aliphatic carbocycles. The average Bonchev–Trinajstić information content (AvgIpc) is 3.10. The fourth-order valence-electron chi connectivity index (χ4n) is 3.50. The molecule has 0 N–H and O–H groups in total. The van der Waals surface area contributed by atoms with Crippen molar-refractivity contribution in [2.24, 2.45) is 0 Å². The number of aromatic nitrogens is 5. The summed E-state index contributed by atoms with van der Waals surface area (Å²) >= 11 is 0. The highest BCUT2D eigenvalue weighted by molar-refractivity contribution is 5.85. The van der Waals surface area contributed by atoms with Gasteiger partial charge in [0.15, 0.2) is 5.65 Å². The molecule has 0 aliphatic heterocycles. The Morgan fingerprint density at radius 3 is 2.57 bits per heavy atom. The van der Waals surface area contributed by atoms with Gasteiger partial charge in [0.25, 0.3) is 0 Å². The fourth-order valence-corrected chi connectivity index (χ4v) is 3.50. The van der Waals surface area contributed by atoms with Gasteiger partial charge in [0.05, 0.1) is 23.9 Å². The molecule has 5 aromatic rings. The Kier molecular flexibility index (Phi) is 4.13. The second-order valence-electron chi connectivity index (χ2n) is 6.80. The van der Waals surface area contributed by atoms with Crippen molar-refractivity contribution in [3.63, 3.8) is 0 Å². The number of methoxy groups -OCH3 is 1. The number of benzene rings is 2. The van der Waals surface area contributed by atoms with Gasteiger partial charge in [0.1, 0.15) is 22.9 Å². The standard InChI is InChI=1S/C22H15F2N5O/c1-12-21-28-27-18-6-3-13(14-7-8-25-20(24)10-14)9-19(18)29(21)22(26-12)16-11-15(30-2)4-5-17(16)23/h3-11H,1-2H3. The lowest BCUT2D eigenvalue weighted by molar-refractivity contribution is 0.414. The first-order valence-corrected chi connectivity index (χ1v) is 9.16. The summed E-state index contributed by atoms with van der Waals surface area (Å²) in [7, 11) is 1.52. The van der Waals surface area contributed by atoms with E-state index in [1.54, 1.807) is 35.6 Å². The van der Waals surface area contributed by atoms with Crippen molar-refractivity contribution in [2.75, 3.05) is 7.11 Å². The third kappa shape index (κ3) is 2.85. The molecular formula is C22H15F2N5O. The maximum atomic E-state index is 14.7. The van der Waals surface area contributed by atoms with E-state index in [0.717, 1.165) is 5.56 Å². The first kappa shape index (κ1) is 18.1. The first-order chi connectivity index (χ1) is 14.5. The maximum Gasteiger partial charge on any atom is 0.213 e. The van der Waals surface area contributed by atoms with Gasteiger partial charge in [0.2, 0.25) is 5.95 Å². The van der Waals surface area contributed by atoms with Crippen molar-refractivity contribution < 1.29 is 13.5 Å². The number of aryl methyl sites for hydroxylation is 1. The van der Waals surface area contributed by atoms with Crippen LogP contribution < -0.4 is 4.74 Å². The van der Waals surface area contributed by atoms with Gasteiger partial charge in [-0.1, -0.05) is 6.07 Å². The topological polar surface area (TPSA) is 65.2 Å². The van der Waals surface area contributed by atoms with Crippen molar-refractivity contribution in [3.8, 4) is 28.3 Å². The van der Waals surface area contributed by atoms with Crippen LogP contribution in [0.2, 0.25) is 0 Å². The van der Waals surface area contributed by atoms with Gasteiger partial charge in [-0.05, 0) is 54.4 Å². The maximum absolute atomic E-state index is 14.7. The Labute approximate surface area is 169 Å². The highest BCUT2D eigenvalue weighted by Crippen LogP contribution is 2.31. The van der Waals surface area contributed by atoms with E-state index in [9.17, 15) is 8.78 Å². The molecule has 0 saturated carbocycles. The van der Waals surface area contributed by atoms with Crippen LogP contribution in [0.25, 0.3) is 39.2 Å². The number of nitrogens with zero attached hydrogens (tertiary/aromatic N) is 5. The molecule has 0 unspecified atom stereocenters. The third-order valence-corrected chi connectivity index (χ3v) is 4.96. The normalized spacial score (nSPS) is 11.3. The molecule has 0 fully saturated rings. The lowest BCUT2D eigenvalue weighted by Gasteiger charge is -2.09. The Balaban J connectivity index is 1.84. The highest BCUT2D eigenvalue weighted by atomic mass is 19.1. The number of halogens is 2. The molecule has 5 rings (SSSR count). The Bertz CT molecular complexity index is 1430. The van der Waals surface area contributed by atoms with E-state index in [1.807, 2.05) is 12.1 Å². The Hall–Kier alpha value is -3.94. The number of pyridine rings is 1. The zero-order valence-corrected chi connectivity index (χ0v) is 16.1. The second-order valence-corrected chi connectivity index (χ2v) is 6.80. The minimum atomic E-state index is -0.566. The SMILES string of the molecule is COc1ccc(F)c(-c2nc(C)c3nnc4ccc(-c5ccnc(F)c5)cc4n23)c1. The van der Waals surface area contributed by atoms with E-state index in [-0.39, 0.29) is 5.56 Å². The van der Waals surface area contributed by atoms with Crippen LogP contribution in [0.5, 0.6) is 5.75 Å². The minimum Gasteiger partial charge on any atom is -0.497 e. The van der Waals surface area contributed by atoms with Gasteiger partial charge >= 0.3 is 0 Å². The summed E-state index contributed by atoms with van der Waals surface area (Å²) in [5.41, 5.74) is 4.11. The molecule has 0 radical (unpaired) electrons. The van der Waals surface area contributed by atoms with Gasteiger partial charge < -0.3 is 4.74 Å². The number of ether oxygens (including phenoxy) is 1. The molecule has 0 amide bonds. The van der Waals surface area contributed by atoms with Crippen molar-refractivity contribution in [1.82, 2.24) is 24.6 Å². The van der Waals surface area contributed by atoms with Gasteiger partial charge in [0, 0.05) is 12.3 Å². The summed E-state index contributed by atoms with van der Waals surface area (Å²) in [4.78, 5) is 8.16. The van der Waals surface area contributed by atoms with Crippen LogP contribution in [-0.4, -0.2) is 31.7 Å². The van der Waals surface area contributed by atoms with E-state index < -0.39 is 11.8 Å². The van der Waals surface area contributed by atoms with E-state index >= 15 is 0 Å². The monoisotopic (exact) mass is 403 g/mol. The molecule has 148 valence electrons. The number of imidazole rings is 1. The van der Waals surface area contributed by atoms with Crippen molar-refractivity contribution in [1.29, 1.82) is 0 Å². The largest absolute Gasteiger partial charge is 0.497 e. The van der Waals surface area contributed by atoms with Crippen molar-refractivity contribution in [3.05, 3.63) is 72.2 Å². The van der Waals surface area contributed by atoms with Crippen LogP contribution in [0, 0.1) is 18.7 Å². The lowest BCUT2D eigenvalue weighted by Crippen LogP contribution is -1.99. The summed E-state index contributed by atoms with van der Waals surface area (Å²) in [6.07, 6.45) is 1.41. The highest BCUT2D eigenvalue weighted by Gasteiger charge is 2.19. The average molecular weight is 403 g/mol. The predicted octanol–water partition coefficient (Wildman–Crippen LogP) is 4.60. The second kappa shape index (κ2) is 6.84. The summed E-state index contributed by atoms with van der Waals surface area (Å²) in [5.74, 6) is -0.0971. The van der Waals surface area contributed by atoms with Crippen molar-refractivity contribution in [2.45, 2.75) is 6.92 Å². The molecule has 0 spiro atoms. The molecule has 6 nitrogen and oxygen atoms in total. The van der Waals surface area contributed by atoms with Gasteiger partial charge in [-0.25, -0.2) is 14.4 Å². The van der Waals surface area contributed by atoms with Gasteiger partial charge in [-0.3, -0.25) is 4.40 Å². The Morgan fingerprint density at radius 2 is 1.77 bits per heavy atom. The van der Waals surface area contributed by atoms with Crippen molar-refractivity contribution >= 4 is 16.7 Å². The zero-order valence-electron chi connectivity index (χ0n) is 16.1. The van der Waals surface area contributed by atoms with Crippen LogP contribution in [0.1, 0.15) is 5.69 Å². The van der Waals surface area contributed by atoms with Gasteiger partial charge in [-0.15, -0.1) is 10.2 Å². The molecular weight excluding hydrogens is 388 g/mol. The molecule has 0 bridgehead atoms. The number of hydrogen-bond donors (Lipinski definition) is 0. The van der Waals surface area contributed by atoms with Gasteiger partial charge in [-0.2, -0.15) is 4.39 Å². The summed E-state index contributed by atoms with van der Waals surface area (Å²) < 4.78 is 35.4. The minimum absolute atomic E-state index is 0.284. The summed E-state index contributed by atoms with van der Waals surface area (Å²) in [5, 5.41) is 8.54. The fraction of sp³-hybridized carbons (Fsp3) is 0.0909. The van der Waals surface area contributed by atoms with E-state index in [1.165, 1.54) is 25.4 Å². The Morgan fingerprint density at radius 1 is 0.933 bits per heavy atom. The summed E-state index contributed by atoms with van der Waals surface area (Å²) in [6, 6.07) is 13.0. The van der Waals surface area contributed by atoms with E-state index in [4.69, 9.17) is 4.74 Å². The van der Waals surface area contributed by atoms with Crippen LogP contribution in [-0.2, 0) is 0 Å². The van der Waals surface area contributed by atoms with Crippen LogP contribution in [0.15, 0.2) is 54.7 Å². The summed E-state index contributed by atoms with van der Waals surface area (Å²) in [6.45, 7) is 1.79. The van der Waals surface area contributed by atoms with Crippen LogP contribution in [0.4, 0.5) is 8.78 Å². The molecule has 3 heterocycles. The zero-order chi connectivity index (χ0) is 20.8. The molecule has 8 heteroatoms. The van der Waals surface area contributed by atoms with Crippen LogP contribution in [0.3, 0.4) is 0 Å². The van der Waals surface area contributed by atoms with Crippen LogP contribution >= 0.6 is 0 Å². The number of fused-ring (bicyclic) bond motifs is 3. The van der Waals surface area contributed by atoms with E-state index in [0.29, 0.717) is 39.5 Å².